The summed E-state index contributed by atoms with van der Waals surface area (Å²) in [6, 6.07) is 3.77. The van der Waals surface area contributed by atoms with Gasteiger partial charge >= 0.3 is 0 Å². The van der Waals surface area contributed by atoms with Crippen LogP contribution in [-0.2, 0) is 16.4 Å². The molecule has 0 amide bonds. The number of hydrogen-bond acceptors (Lipinski definition) is 6. The Morgan fingerprint density at radius 2 is 2.00 bits per heavy atom. The normalized spacial score (nSPS) is 11.8. The van der Waals surface area contributed by atoms with Gasteiger partial charge in [-0.25, -0.2) is 8.42 Å². The lowest BCUT2D eigenvalue weighted by molar-refractivity contribution is 0.546. The van der Waals surface area contributed by atoms with Crippen LogP contribution in [0.2, 0.25) is 0 Å². The molecule has 0 saturated carbocycles. The van der Waals surface area contributed by atoms with Crippen LogP contribution in [0.15, 0.2) is 12.1 Å². The Balaban J connectivity index is 2.49. The van der Waals surface area contributed by atoms with Crippen molar-refractivity contribution in [1.82, 2.24) is 15.5 Å². The Morgan fingerprint density at radius 1 is 1.30 bits per heavy atom. The molecular formula is C13H24N4O2S. The van der Waals surface area contributed by atoms with E-state index in [9.17, 15) is 8.42 Å². The first kappa shape index (κ1) is 16.8. The van der Waals surface area contributed by atoms with E-state index in [4.69, 9.17) is 0 Å². The molecule has 114 valence electrons. The van der Waals surface area contributed by atoms with Crippen LogP contribution < -0.4 is 10.2 Å². The van der Waals surface area contributed by atoms with Gasteiger partial charge in [-0.2, -0.15) is 5.10 Å². The van der Waals surface area contributed by atoms with Gasteiger partial charge in [-0.15, -0.1) is 5.10 Å². The fraction of sp³-hybridized carbons (Fsp3) is 0.692. The number of nitrogens with one attached hydrogen (secondary N) is 1. The molecule has 7 heteroatoms. The molecule has 1 heterocycles. The Morgan fingerprint density at radius 3 is 2.50 bits per heavy atom. The maximum atomic E-state index is 11.1. The molecule has 0 aliphatic carbocycles. The molecule has 0 bridgehead atoms. The Kier molecular flexibility index (Phi) is 6.35. The fourth-order valence-electron chi connectivity index (χ4n) is 1.56. The average molecular weight is 300 g/mol. The number of rotatable bonds is 8. The highest BCUT2D eigenvalue weighted by Crippen LogP contribution is 2.07. The zero-order valence-corrected chi connectivity index (χ0v) is 13.4. The summed E-state index contributed by atoms with van der Waals surface area (Å²) in [5, 5.41) is 11.6. The van der Waals surface area contributed by atoms with Crippen molar-refractivity contribution in [3.63, 3.8) is 0 Å². The van der Waals surface area contributed by atoms with Crippen LogP contribution in [0.4, 0.5) is 5.82 Å². The summed E-state index contributed by atoms with van der Waals surface area (Å²) in [6.07, 6.45) is 1.23. The van der Waals surface area contributed by atoms with Crippen molar-refractivity contribution in [2.24, 2.45) is 5.92 Å². The largest absolute Gasteiger partial charge is 0.357 e. The van der Waals surface area contributed by atoms with Crippen LogP contribution in [0.25, 0.3) is 0 Å². The van der Waals surface area contributed by atoms with Crippen LogP contribution in [0.1, 0.15) is 19.5 Å². The maximum Gasteiger partial charge on any atom is 0.151 e. The highest BCUT2D eigenvalue weighted by Gasteiger charge is 2.08. The summed E-state index contributed by atoms with van der Waals surface area (Å²) in [6.45, 7) is 6.35. The van der Waals surface area contributed by atoms with Crippen LogP contribution in [0.3, 0.4) is 0 Å². The predicted molar refractivity (Wildman–Crippen MR) is 81.6 cm³/mol. The molecule has 0 radical (unpaired) electrons. The molecule has 1 aromatic rings. The van der Waals surface area contributed by atoms with Gasteiger partial charge in [-0.1, -0.05) is 13.8 Å². The smallest absolute Gasteiger partial charge is 0.151 e. The van der Waals surface area contributed by atoms with Crippen molar-refractivity contribution < 1.29 is 8.42 Å². The van der Waals surface area contributed by atoms with Crippen molar-refractivity contribution in [3.05, 3.63) is 17.8 Å². The molecule has 1 aromatic heterocycles. The number of nitrogens with zero attached hydrogens (tertiary/aromatic N) is 3. The van der Waals surface area contributed by atoms with Gasteiger partial charge in [0.1, 0.15) is 9.84 Å². The van der Waals surface area contributed by atoms with Crippen LogP contribution in [0.5, 0.6) is 0 Å². The van der Waals surface area contributed by atoms with Gasteiger partial charge in [0.15, 0.2) is 5.82 Å². The van der Waals surface area contributed by atoms with E-state index in [2.05, 4.69) is 29.4 Å². The van der Waals surface area contributed by atoms with Crippen molar-refractivity contribution in [1.29, 1.82) is 0 Å². The second-order valence-corrected chi connectivity index (χ2v) is 7.72. The first-order valence-corrected chi connectivity index (χ1v) is 8.76. The van der Waals surface area contributed by atoms with Crippen molar-refractivity contribution in [2.45, 2.75) is 20.4 Å². The summed E-state index contributed by atoms with van der Waals surface area (Å²) >= 11 is 0. The summed E-state index contributed by atoms with van der Waals surface area (Å²) in [4.78, 5) is 1.79. The van der Waals surface area contributed by atoms with Gasteiger partial charge in [-0.05, 0) is 24.6 Å². The van der Waals surface area contributed by atoms with Gasteiger partial charge in [0.25, 0.3) is 0 Å². The summed E-state index contributed by atoms with van der Waals surface area (Å²) in [5.41, 5.74) is 0.880. The van der Waals surface area contributed by atoms with Crippen LogP contribution in [0, 0.1) is 5.92 Å². The third-order valence-electron chi connectivity index (χ3n) is 2.75. The van der Waals surface area contributed by atoms with E-state index < -0.39 is 9.84 Å². The fourth-order valence-corrected chi connectivity index (χ4v) is 2.16. The zero-order valence-electron chi connectivity index (χ0n) is 12.6. The first-order chi connectivity index (χ1) is 9.28. The molecule has 0 unspecified atom stereocenters. The van der Waals surface area contributed by atoms with E-state index in [1.54, 1.807) is 4.90 Å². The molecule has 0 aromatic carbocycles. The number of hydrogen-bond donors (Lipinski definition) is 1. The van der Waals surface area contributed by atoms with E-state index in [-0.39, 0.29) is 5.75 Å². The molecular weight excluding hydrogens is 276 g/mol. The summed E-state index contributed by atoms with van der Waals surface area (Å²) in [7, 11) is -1.14. The summed E-state index contributed by atoms with van der Waals surface area (Å²) < 4.78 is 22.2. The van der Waals surface area contributed by atoms with E-state index in [1.165, 1.54) is 6.26 Å². The highest BCUT2D eigenvalue weighted by molar-refractivity contribution is 7.90. The van der Waals surface area contributed by atoms with Crippen LogP contribution >= 0.6 is 0 Å². The molecule has 6 nitrogen and oxygen atoms in total. The minimum atomic E-state index is -2.96. The monoisotopic (exact) mass is 300 g/mol. The first-order valence-electron chi connectivity index (χ1n) is 6.70. The molecule has 0 spiro atoms. The van der Waals surface area contributed by atoms with Gasteiger partial charge in [0, 0.05) is 26.4 Å². The average Bonchev–Trinajstić information content (AvgIpc) is 2.35. The van der Waals surface area contributed by atoms with Crippen molar-refractivity contribution >= 4 is 15.7 Å². The molecule has 0 fully saturated rings. The molecule has 0 aliphatic heterocycles. The van der Waals surface area contributed by atoms with Crippen molar-refractivity contribution in [2.75, 3.05) is 37.0 Å². The second kappa shape index (κ2) is 7.54. The standard InChI is InChI=1S/C13H24N4O2S/c1-11(2)9-14-10-12-5-6-13(16-15-12)17(3)7-8-20(4,18)19/h5-6,11,14H,7-10H2,1-4H3. The lowest BCUT2D eigenvalue weighted by Crippen LogP contribution is -2.26. The Bertz CT molecular complexity index is 500. The van der Waals surface area contributed by atoms with Gasteiger partial charge < -0.3 is 10.2 Å². The van der Waals surface area contributed by atoms with E-state index in [0.29, 0.717) is 24.8 Å². The van der Waals surface area contributed by atoms with E-state index in [1.807, 2.05) is 19.2 Å². The third-order valence-corrected chi connectivity index (χ3v) is 3.68. The third kappa shape index (κ3) is 6.81. The lowest BCUT2D eigenvalue weighted by atomic mass is 10.2. The molecule has 0 aliphatic rings. The molecule has 0 atom stereocenters. The lowest BCUT2D eigenvalue weighted by Gasteiger charge is -2.17. The number of sulfone groups is 1. The van der Waals surface area contributed by atoms with Crippen LogP contribution in [-0.4, -0.2) is 50.8 Å². The highest BCUT2D eigenvalue weighted by atomic mass is 32.2. The van der Waals surface area contributed by atoms with Crippen molar-refractivity contribution in [3.8, 4) is 0 Å². The van der Waals surface area contributed by atoms with E-state index in [0.717, 1.165) is 12.2 Å². The van der Waals surface area contributed by atoms with Gasteiger partial charge in [0.2, 0.25) is 0 Å². The molecule has 1 rings (SSSR count). The Hall–Kier alpha value is -1.21. The minimum Gasteiger partial charge on any atom is -0.357 e. The molecule has 1 N–H and O–H groups in total. The van der Waals surface area contributed by atoms with E-state index >= 15 is 0 Å². The number of aromatic nitrogens is 2. The minimum absolute atomic E-state index is 0.114. The Labute approximate surface area is 121 Å². The maximum absolute atomic E-state index is 11.1. The quantitative estimate of drug-likeness (QED) is 0.762. The second-order valence-electron chi connectivity index (χ2n) is 5.46. The summed E-state index contributed by atoms with van der Waals surface area (Å²) in [5.74, 6) is 1.40. The van der Waals surface area contributed by atoms with Gasteiger partial charge in [0.05, 0.1) is 11.4 Å². The predicted octanol–water partition coefficient (Wildman–Crippen LogP) is 0.703. The molecule has 0 saturated heterocycles. The zero-order chi connectivity index (χ0) is 15.2. The molecule has 20 heavy (non-hydrogen) atoms. The number of anilines is 1. The SMILES string of the molecule is CC(C)CNCc1ccc(N(C)CCS(C)(=O)=O)nn1. The van der Waals surface area contributed by atoms with Gasteiger partial charge in [-0.3, -0.25) is 0 Å². The topological polar surface area (TPSA) is 75.2 Å².